The van der Waals surface area contributed by atoms with Crippen molar-refractivity contribution in [2.24, 2.45) is 16.7 Å². The Kier molecular flexibility index (Phi) is 4.50. The summed E-state index contributed by atoms with van der Waals surface area (Å²) in [5, 5.41) is 18.6. The van der Waals surface area contributed by atoms with Gasteiger partial charge in [0.1, 0.15) is 17.1 Å². The molecule has 2 spiro atoms. The summed E-state index contributed by atoms with van der Waals surface area (Å²) < 4.78 is 38.0. The number of aliphatic hydroxyl groups is 1. The van der Waals surface area contributed by atoms with Crippen LogP contribution in [0.1, 0.15) is 67.3 Å². The molecule has 8 nitrogen and oxygen atoms in total. The molecular weight excluding hydrogens is 473 g/mol. The van der Waals surface area contributed by atoms with E-state index in [0.29, 0.717) is 17.7 Å². The lowest BCUT2D eigenvalue weighted by molar-refractivity contribution is -0.141. The van der Waals surface area contributed by atoms with E-state index in [1.54, 1.807) is 0 Å². The van der Waals surface area contributed by atoms with Crippen LogP contribution in [0, 0.1) is 16.7 Å². The minimum Gasteiger partial charge on any atom is -0.382 e. The van der Waals surface area contributed by atoms with E-state index in [-0.39, 0.29) is 16.9 Å². The van der Waals surface area contributed by atoms with Gasteiger partial charge in [-0.3, -0.25) is 4.98 Å². The van der Waals surface area contributed by atoms with Crippen LogP contribution in [-0.2, 0) is 18.2 Å². The largest absolute Gasteiger partial charge is 0.433 e. The predicted molar refractivity (Wildman–Crippen MR) is 121 cm³/mol. The summed E-state index contributed by atoms with van der Waals surface area (Å²) in [7, 11) is 0. The Bertz CT molecular complexity index is 1180. The van der Waals surface area contributed by atoms with Crippen molar-refractivity contribution in [1.29, 1.82) is 0 Å². The minimum absolute atomic E-state index is 0.128. The summed E-state index contributed by atoms with van der Waals surface area (Å²) in [4.78, 5) is 23.6. The number of carbonyl (C=O) groups excluding carboxylic acids is 1. The zero-order valence-electron chi connectivity index (χ0n) is 19.9. The number of carbonyl (C=O) groups is 1. The minimum atomic E-state index is -4.40. The first-order chi connectivity index (χ1) is 17.0. The lowest BCUT2D eigenvalue weighted by Gasteiger charge is -2.63. The highest BCUT2D eigenvalue weighted by atomic mass is 19.4. The van der Waals surface area contributed by atoms with E-state index in [1.807, 2.05) is 9.80 Å². The number of urea groups is 1. The third-order valence-corrected chi connectivity index (χ3v) is 9.14. The molecule has 0 atom stereocenters. The second-order valence-electron chi connectivity index (χ2n) is 12.2. The normalized spacial score (nSPS) is 25.8. The molecule has 36 heavy (non-hydrogen) atoms. The Morgan fingerprint density at radius 2 is 1.67 bits per heavy atom. The number of aromatic amines is 1. The first-order valence-electron chi connectivity index (χ1n) is 12.8. The van der Waals surface area contributed by atoms with Crippen LogP contribution >= 0.6 is 0 Å². The second-order valence-corrected chi connectivity index (χ2v) is 12.2. The number of nitrogens with one attached hydrogen (secondary N) is 1. The molecule has 5 aliphatic rings. The fraction of sp³-hybridized carbons (Fsp3) is 0.680. The molecule has 2 aliphatic heterocycles. The molecule has 11 heteroatoms. The molecular formula is C25H29F3N6O2. The Labute approximate surface area is 206 Å². The number of hydrogen-bond acceptors (Lipinski definition) is 5. The molecule has 0 unspecified atom stereocenters. The fourth-order valence-corrected chi connectivity index (χ4v) is 7.07. The molecule has 2 saturated heterocycles. The van der Waals surface area contributed by atoms with Crippen molar-refractivity contribution < 1.29 is 23.1 Å². The molecule has 2 aromatic heterocycles. The molecule has 7 rings (SSSR count). The zero-order valence-corrected chi connectivity index (χ0v) is 19.9. The Hall–Kier alpha value is -2.69. The van der Waals surface area contributed by atoms with Gasteiger partial charge in [-0.2, -0.15) is 13.2 Å². The van der Waals surface area contributed by atoms with Crippen LogP contribution in [0.25, 0.3) is 0 Å². The van der Waals surface area contributed by atoms with Gasteiger partial charge < -0.3 is 19.9 Å². The highest BCUT2D eigenvalue weighted by molar-refractivity contribution is 5.77. The van der Waals surface area contributed by atoms with Crippen molar-refractivity contribution in [2.45, 2.75) is 62.6 Å². The Morgan fingerprint density at radius 3 is 2.22 bits per heavy atom. The number of nitrogens with zero attached hydrogens (tertiary/aromatic N) is 5. The molecule has 5 fully saturated rings. The maximum Gasteiger partial charge on any atom is 0.433 e. The average Bonchev–Trinajstić information content (AvgIpc) is 3.27. The van der Waals surface area contributed by atoms with Crippen LogP contribution in [0.15, 0.2) is 18.3 Å². The maximum atomic E-state index is 12.9. The number of rotatable bonds is 4. The molecule has 2 amide bonds. The van der Waals surface area contributed by atoms with Crippen molar-refractivity contribution in [2.75, 3.05) is 26.2 Å². The van der Waals surface area contributed by atoms with E-state index >= 15 is 0 Å². The second kappa shape index (κ2) is 7.20. The first-order valence-corrected chi connectivity index (χ1v) is 12.8. The summed E-state index contributed by atoms with van der Waals surface area (Å²) in [5.74, 6) is 2.21. The van der Waals surface area contributed by atoms with Crippen molar-refractivity contribution in [3.63, 3.8) is 0 Å². The van der Waals surface area contributed by atoms with E-state index in [0.717, 1.165) is 88.6 Å². The number of aromatic nitrogens is 4. The smallest absolute Gasteiger partial charge is 0.382 e. The maximum absolute atomic E-state index is 12.9. The predicted octanol–water partition coefficient (Wildman–Crippen LogP) is 3.45. The van der Waals surface area contributed by atoms with Crippen LogP contribution in [-0.4, -0.2) is 67.3 Å². The van der Waals surface area contributed by atoms with Gasteiger partial charge in [-0.05, 0) is 62.5 Å². The van der Waals surface area contributed by atoms with Gasteiger partial charge in [0, 0.05) is 49.1 Å². The topological polar surface area (TPSA) is 98.2 Å². The van der Waals surface area contributed by atoms with Crippen LogP contribution in [0.3, 0.4) is 0 Å². The van der Waals surface area contributed by atoms with Crippen molar-refractivity contribution in [1.82, 2.24) is 30.0 Å². The molecule has 2 aromatic rings. The van der Waals surface area contributed by atoms with Gasteiger partial charge in [0.15, 0.2) is 5.82 Å². The average molecular weight is 503 g/mol. The summed E-state index contributed by atoms with van der Waals surface area (Å²) in [6.07, 6.45) is 3.16. The van der Waals surface area contributed by atoms with Gasteiger partial charge >= 0.3 is 12.2 Å². The first kappa shape index (κ1) is 22.5. The standard InChI is InChI=1S/C25H29F3N6O2/c26-25(27,28)18-2-1-15(10-29-18)5-16-6-22(7-16)11-33(12-22)21(35)34-13-23(14-34)8-17(9-23)19-30-20(32-31-19)24(36)3-4-24/h1-2,10,16-17,36H,3-9,11-14H2,(H,30,31,32). The molecule has 192 valence electrons. The lowest BCUT2D eigenvalue weighted by Crippen LogP contribution is -2.70. The van der Waals surface area contributed by atoms with Crippen LogP contribution in [0.5, 0.6) is 0 Å². The SMILES string of the molecule is O=C(N1CC2(CC(Cc3ccc(C(F)(F)F)nc3)C2)C1)N1CC2(CC(c3nnc(C4(O)CC4)[nH]3)C2)C1. The number of amides is 2. The van der Waals surface area contributed by atoms with Gasteiger partial charge in [0.05, 0.1) is 0 Å². The molecule has 0 radical (unpaired) electrons. The van der Waals surface area contributed by atoms with Gasteiger partial charge in [-0.1, -0.05) is 6.07 Å². The molecule has 3 aliphatic carbocycles. The molecule has 2 N–H and O–H groups in total. The van der Waals surface area contributed by atoms with E-state index in [4.69, 9.17) is 0 Å². The molecule has 4 heterocycles. The van der Waals surface area contributed by atoms with Crippen LogP contribution in [0.4, 0.5) is 18.0 Å². The number of H-pyrrole nitrogens is 1. The lowest BCUT2D eigenvalue weighted by atomic mass is 9.56. The Morgan fingerprint density at radius 1 is 1.03 bits per heavy atom. The van der Waals surface area contributed by atoms with E-state index < -0.39 is 17.5 Å². The highest BCUT2D eigenvalue weighted by Crippen LogP contribution is 2.57. The van der Waals surface area contributed by atoms with Crippen molar-refractivity contribution in [3.8, 4) is 0 Å². The monoisotopic (exact) mass is 502 g/mol. The van der Waals surface area contributed by atoms with E-state index in [1.165, 1.54) is 12.3 Å². The third kappa shape index (κ3) is 3.61. The number of likely N-dealkylation sites (tertiary alicyclic amines) is 2. The van der Waals surface area contributed by atoms with E-state index in [9.17, 15) is 23.1 Å². The van der Waals surface area contributed by atoms with Crippen molar-refractivity contribution in [3.05, 3.63) is 41.2 Å². The summed E-state index contributed by atoms with van der Waals surface area (Å²) in [5.41, 5.74) is -0.413. The highest BCUT2D eigenvalue weighted by Gasteiger charge is 2.59. The third-order valence-electron chi connectivity index (χ3n) is 9.14. The molecule has 3 saturated carbocycles. The Balaban J connectivity index is 0.840. The number of hydrogen-bond donors (Lipinski definition) is 2. The molecule has 0 bridgehead atoms. The fourth-order valence-electron chi connectivity index (χ4n) is 7.07. The van der Waals surface area contributed by atoms with Gasteiger partial charge in [0.2, 0.25) is 0 Å². The summed E-state index contributed by atoms with van der Waals surface area (Å²) in [6, 6.07) is 2.71. The van der Waals surface area contributed by atoms with Crippen molar-refractivity contribution >= 4 is 6.03 Å². The summed E-state index contributed by atoms with van der Waals surface area (Å²) in [6.45, 7) is 3.15. The number of halogens is 3. The number of pyridine rings is 1. The summed E-state index contributed by atoms with van der Waals surface area (Å²) >= 11 is 0. The molecule has 0 aromatic carbocycles. The number of alkyl halides is 3. The van der Waals surface area contributed by atoms with Gasteiger partial charge in [0.25, 0.3) is 0 Å². The van der Waals surface area contributed by atoms with Gasteiger partial charge in [-0.25, -0.2) is 4.79 Å². The quantitative estimate of drug-likeness (QED) is 0.668. The van der Waals surface area contributed by atoms with Crippen LogP contribution < -0.4 is 0 Å². The van der Waals surface area contributed by atoms with Crippen LogP contribution in [0.2, 0.25) is 0 Å². The zero-order chi connectivity index (χ0) is 24.9. The van der Waals surface area contributed by atoms with E-state index in [2.05, 4.69) is 20.2 Å². The van der Waals surface area contributed by atoms with Gasteiger partial charge in [-0.15, -0.1) is 10.2 Å².